The zero-order valence-corrected chi connectivity index (χ0v) is 17.7. The van der Waals surface area contributed by atoms with Crippen molar-refractivity contribution in [2.75, 3.05) is 11.9 Å². The molecule has 2 saturated heterocycles. The van der Waals surface area contributed by atoms with Gasteiger partial charge < -0.3 is 11.1 Å². The first-order chi connectivity index (χ1) is 15.4. The fourth-order valence-corrected chi connectivity index (χ4v) is 4.66. The quantitative estimate of drug-likeness (QED) is 0.256. The second-order valence-corrected chi connectivity index (χ2v) is 9.46. The molecule has 3 aromatic rings. The number of aromatic nitrogens is 3. The van der Waals surface area contributed by atoms with E-state index in [2.05, 4.69) is 21.0 Å². The Morgan fingerprint density at radius 2 is 2.16 bits per heavy atom. The van der Waals surface area contributed by atoms with Gasteiger partial charge in [0.2, 0.25) is 5.91 Å². The molecule has 1 aliphatic carbocycles. The van der Waals surface area contributed by atoms with Crippen molar-refractivity contribution in [3.8, 4) is 10.6 Å². The number of amides is 3. The third-order valence-corrected chi connectivity index (χ3v) is 7.03. The molecule has 1 saturated carbocycles. The standard InChI is InChI=1S/C21H19N7O3S/c22-17(29)15-4-3-14(32-15)13-6-16(25-12-1-2-12)28-18(26-13)11(8-24-28)5-10-7-21(9-23-21)20(31)27-19(10)30/h3-6,8,12,23,25H,1-2,7,9H2,(H2,22,29)(H,27,30,31)/b10-5+. The van der Waals surface area contributed by atoms with Crippen LogP contribution in [-0.4, -0.2) is 50.4 Å². The van der Waals surface area contributed by atoms with Crippen molar-refractivity contribution in [1.82, 2.24) is 25.2 Å². The van der Waals surface area contributed by atoms with E-state index in [1.54, 1.807) is 22.9 Å². The SMILES string of the molecule is NC(=O)c1ccc(-c2cc(NC3CC3)n3ncc(/C=C4\CC5(CN5)C(=O)NC4=O)c3n2)s1. The minimum atomic E-state index is -0.678. The van der Waals surface area contributed by atoms with Gasteiger partial charge in [0.25, 0.3) is 11.8 Å². The third-order valence-electron chi connectivity index (χ3n) is 5.91. The number of hydrogen-bond acceptors (Lipinski definition) is 8. The summed E-state index contributed by atoms with van der Waals surface area (Å²) in [5.41, 5.74) is 7.17. The van der Waals surface area contributed by atoms with Crippen LogP contribution in [0, 0.1) is 0 Å². The van der Waals surface area contributed by atoms with Crippen molar-refractivity contribution in [2.24, 2.45) is 5.73 Å². The zero-order valence-electron chi connectivity index (χ0n) is 16.8. The summed E-state index contributed by atoms with van der Waals surface area (Å²) in [6.07, 6.45) is 5.91. The Labute approximate surface area is 185 Å². The molecule has 10 nitrogen and oxygen atoms in total. The summed E-state index contributed by atoms with van der Waals surface area (Å²) in [6, 6.07) is 5.80. The Balaban J connectivity index is 1.45. The van der Waals surface area contributed by atoms with Crippen LogP contribution in [0.2, 0.25) is 0 Å². The number of fused-ring (bicyclic) bond motifs is 1. The maximum Gasteiger partial charge on any atom is 0.258 e. The highest BCUT2D eigenvalue weighted by Crippen LogP contribution is 2.34. The van der Waals surface area contributed by atoms with Crippen LogP contribution in [0.15, 0.2) is 30.0 Å². The molecule has 5 N–H and O–H groups in total. The van der Waals surface area contributed by atoms with Crippen molar-refractivity contribution in [3.05, 3.63) is 40.4 Å². The van der Waals surface area contributed by atoms with Crippen molar-refractivity contribution in [3.63, 3.8) is 0 Å². The molecule has 11 heteroatoms. The molecule has 0 radical (unpaired) electrons. The normalized spacial score (nSPS) is 23.7. The Hall–Kier alpha value is -3.57. The molecule has 162 valence electrons. The summed E-state index contributed by atoms with van der Waals surface area (Å²) in [5.74, 6) is -0.368. The van der Waals surface area contributed by atoms with Crippen LogP contribution in [0.3, 0.4) is 0 Å². The van der Waals surface area contributed by atoms with E-state index < -0.39 is 17.4 Å². The average molecular weight is 449 g/mol. The van der Waals surface area contributed by atoms with Gasteiger partial charge in [-0.1, -0.05) is 0 Å². The lowest BCUT2D eigenvalue weighted by Crippen LogP contribution is -2.49. The molecule has 3 fully saturated rings. The predicted molar refractivity (Wildman–Crippen MR) is 118 cm³/mol. The fraction of sp³-hybridized carbons (Fsp3) is 0.286. The van der Waals surface area contributed by atoms with Gasteiger partial charge >= 0.3 is 0 Å². The number of piperidine rings is 1. The van der Waals surface area contributed by atoms with Gasteiger partial charge in [-0.25, -0.2) is 4.98 Å². The highest BCUT2D eigenvalue weighted by Gasteiger charge is 2.53. The van der Waals surface area contributed by atoms with Crippen molar-refractivity contribution >= 4 is 46.6 Å². The minimum Gasteiger partial charge on any atom is -0.367 e. The fourth-order valence-electron chi connectivity index (χ4n) is 3.84. The highest BCUT2D eigenvalue weighted by atomic mass is 32.1. The van der Waals surface area contributed by atoms with E-state index in [9.17, 15) is 14.4 Å². The summed E-state index contributed by atoms with van der Waals surface area (Å²) < 4.78 is 1.72. The second kappa shape index (κ2) is 6.71. The van der Waals surface area contributed by atoms with Gasteiger partial charge in [0.05, 0.1) is 21.6 Å². The maximum atomic E-state index is 12.4. The number of hydrogen-bond donors (Lipinski definition) is 4. The summed E-state index contributed by atoms with van der Waals surface area (Å²) in [4.78, 5) is 42.1. The van der Waals surface area contributed by atoms with Gasteiger partial charge in [-0.2, -0.15) is 9.61 Å². The number of imide groups is 1. The Morgan fingerprint density at radius 1 is 1.34 bits per heavy atom. The molecular weight excluding hydrogens is 430 g/mol. The number of rotatable bonds is 5. The van der Waals surface area contributed by atoms with Gasteiger partial charge in [-0.15, -0.1) is 11.3 Å². The van der Waals surface area contributed by atoms with Gasteiger partial charge in [0.15, 0.2) is 5.65 Å². The van der Waals surface area contributed by atoms with Crippen LogP contribution in [0.5, 0.6) is 0 Å². The lowest BCUT2D eigenvalue weighted by Gasteiger charge is -2.21. The highest BCUT2D eigenvalue weighted by molar-refractivity contribution is 7.17. The number of carbonyl (C=O) groups excluding carboxylic acids is 3. The van der Waals surface area contributed by atoms with Crippen LogP contribution in [0.25, 0.3) is 22.3 Å². The van der Waals surface area contributed by atoms with Crippen molar-refractivity contribution in [1.29, 1.82) is 0 Å². The smallest absolute Gasteiger partial charge is 0.258 e. The lowest BCUT2D eigenvalue weighted by molar-refractivity contribution is -0.132. The van der Waals surface area contributed by atoms with Gasteiger partial charge in [0, 0.05) is 36.2 Å². The summed E-state index contributed by atoms with van der Waals surface area (Å²) in [5, 5.41) is 13.4. The maximum absolute atomic E-state index is 12.4. The van der Waals surface area contributed by atoms with E-state index in [0.717, 1.165) is 23.5 Å². The molecule has 1 spiro atoms. The van der Waals surface area contributed by atoms with E-state index in [-0.39, 0.29) is 5.91 Å². The third kappa shape index (κ3) is 3.17. The first-order valence-corrected chi connectivity index (χ1v) is 11.1. The molecule has 1 atom stereocenters. The first kappa shape index (κ1) is 19.1. The Bertz CT molecular complexity index is 1350. The molecule has 6 rings (SSSR count). The predicted octanol–water partition coefficient (Wildman–Crippen LogP) is 0.903. The van der Waals surface area contributed by atoms with Crippen molar-refractivity contribution < 1.29 is 14.4 Å². The van der Waals surface area contributed by atoms with E-state index in [1.165, 1.54) is 11.3 Å². The average Bonchev–Trinajstić information content (AvgIpc) is 3.64. The minimum absolute atomic E-state index is 0.279. The van der Waals surface area contributed by atoms with Gasteiger partial charge in [0.1, 0.15) is 11.4 Å². The topological polar surface area (TPSA) is 153 Å². The van der Waals surface area contributed by atoms with Crippen LogP contribution >= 0.6 is 11.3 Å². The number of thiophene rings is 1. The van der Waals surface area contributed by atoms with E-state index in [4.69, 9.17) is 10.7 Å². The van der Waals surface area contributed by atoms with Crippen LogP contribution in [0.1, 0.15) is 34.5 Å². The number of nitrogens with two attached hydrogens (primary N) is 1. The molecule has 2 aliphatic heterocycles. The van der Waals surface area contributed by atoms with Crippen LogP contribution < -0.4 is 21.7 Å². The molecule has 1 unspecified atom stereocenters. The number of primary amides is 1. The van der Waals surface area contributed by atoms with Crippen LogP contribution in [-0.2, 0) is 9.59 Å². The molecule has 3 amide bonds. The molecule has 3 aliphatic rings. The zero-order chi connectivity index (χ0) is 22.0. The Morgan fingerprint density at radius 3 is 2.84 bits per heavy atom. The monoisotopic (exact) mass is 449 g/mol. The first-order valence-electron chi connectivity index (χ1n) is 10.3. The molecule has 32 heavy (non-hydrogen) atoms. The summed E-state index contributed by atoms with van der Waals surface area (Å²) in [6.45, 7) is 0.552. The molecule has 3 aromatic heterocycles. The number of carbonyl (C=O) groups is 3. The Kier molecular flexibility index (Phi) is 4.01. The molecule has 5 heterocycles. The van der Waals surface area contributed by atoms with Crippen LogP contribution in [0.4, 0.5) is 5.82 Å². The molecule has 0 bridgehead atoms. The molecule has 0 aromatic carbocycles. The number of nitrogens with one attached hydrogen (secondary N) is 3. The summed E-state index contributed by atoms with van der Waals surface area (Å²) in [7, 11) is 0. The number of nitrogens with zero attached hydrogens (tertiary/aromatic N) is 3. The van der Waals surface area contributed by atoms with Gasteiger partial charge in [-0.3, -0.25) is 25.0 Å². The van der Waals surface area contributed by atoms with Gasteiger partial charge in [-0.05, 0) is 31.1 Å². The largest absolute Gasteiger partial charge is 0.367 e. The van der Waals surface area contributed by atoms with E-state index in [0.29, 0.717) is 46.4 Å². The number of anilines is 1. The van der Waals surface area contributed by atoms with E-state index >= 15 is 0 Å². The van der Waals surface area contributed by atoms with E-state index in [1.807, 2.05) is 12.1 Å². The second-order valence-electron chi connectivity index (χ2n) is 8.37. The summed E-state index contributed by atoms with van der Waals surface area (Å²) >= 11 is 1.28. The van der Waals surface area contributed by atoms with Crippen molar-refractivity contribution in [2.45, 2.75) is 30.8 Å². The molecular formula is C21H19N7O3S. The lowest BCUT2D eigenvalue weighted by atomic mass is 9.92.